The highest BCUT2D eigenvalue weighted by Gasteiger charge is 2.66. The fraction of sp³-hybridized carbons (Fsp3) is 0.386. The minimum absolute atomic E-state index is 0.0666. The Morgan fingerprint density at radius 3 is 2.47 bits per heavy atom. The van der Waals surface area contributed by atoms with Crippen molar-refractivity contribution < 1.29 is 29.0 Å². The number of anilines is 2. The summed E-state index contributed by atoms with van der Waals surface area (Å²) in [4.78, 5) is 47.9. The monoisotopic (exact) mass is 777 g/mol. The van der Waals surface area contributed by atoms with Gasteiger partial charge in [-0.05, 0) is 77.5 Å². The Morgan fingerprint density at radius 2 is 1.76 bits per heavy atom. The van der Waals surface area contributed by atoms with Gasteiger partial charge in [-0.1, -0.05) is 85.3 Å². The zero-order valence-corrected chi connectivity index (χ0v) is 33.6. The van der Waals surface area contributed by atoms with E-state index in [1.165, 1.54) is 5.19 Å². The quantitative estimate of drug-likeness (QED) is 0.193. The average molecular weight is 778 g/mol. The molecule has 0 aromatic heterocycles. The van der Waals surface area contributed by atoms with E-state index in [2.05, 4.69) is 38.2 Å². The first-order valence-electron chi connectivity index (χ1n) is 19.3. The van der Waals surface area contributed by atoms with Crippen LogP contribution in [0.3, 0.4) is 0 Å². The number of rotatable bonds is 9. The van der Waals surface area contributed by atoms with Gasteiger partial charge in [-0.15, -0.1) is 0 Å². The van der Waals surface area contributed by atoms with Gasteiger partial charge in [0.15, 0.2) is 5.60 Å². The van der Waals surface area contributed by atoms with Crippen LogP contribution in [0.1, 0.15) is 48.4 Å². The second kappa shape index (κ2) is 14.5. The van der Waals surface area contributed by atoms with Gasteiger partial charge in [0.05, 0.1) is 52.6 Å². The molecule has 0 bridgehead atoms. The lowest BCUT2D eigenvalue weighted by molar-refractivity contribution is -0.151. The third-order valence-electron chi connectivity index (χ3n) is 12.7. The lowest BCUT2D eigenvalue weighted by Crippen LogP contribution is -2.52. The second-order valence-electron chi connectivity index (χ2n) is 16.1. The Bertz CT molecular complexity index is 2140. The predicted molar refractivity (Wildman–Crippen MR) is 216 cm³/mol. The summed E-state index contributed by atoms with van der Waals surface area (Å²) in [5.41, 5.74) is 3.83. The summed E-state index contributed by atoms with van der Waals surface area (Å²) in [6, 6.07) is 29.3. The third kappa shape index (κ3) is 6.37. The Hall–Kier alpha value is -4.48. The van der Waals surface area contributed by atoms with Gasteiger partial charge < -0.3 is 29.3 Å². The molecule has 8 rings (SSSR count). The highest BCUT2D eigenvalue weighted by Crippen LogP contribution is 2.60. The van der Waals surface area contributed by atoms with Crippen LogP contribution in [-0.4, -0.2) is 68.2 Å². The Kier molecular flexibility index (Phi) is 9.90. The molecule has 4 aromatic carbocycles. The van der Waals surface area contributed by atoms with E-state index in [1.807, 2.05) is 71.6 Å². The van der Waals surface area contributed by atoms with Gasteiger partial charge in [-0.2, -0.15) is 0 Å². The zero-order valence-electron chi connectivity index (χ0n) is 31.8. The van der Waals surface area contributed by atoms with Gasteiger partial charge in [-0.25, -0.2) is 0 Å². The molecule has 4 aromatic rings. The number of methoxy groups -OCH3 is 1. The minimum Gasteiger partial charge on any atom is -0.497 e. The fourth-order valence-electron chi connectivity index (χ4n) is 9.90. The highest BCUT2D eigenvalue weighted by molar-refractivity contribution is 6.91. The number of carbonyl (C=O) groups is 3. The number of aliphatic hydroxyl groups excluding tert-OH is 1. The van der Waals surface area contributed by atoms with Gasteiger partial charge >= 0.3 is 0 Å². The first-order chi connectivity index (χ1) is 26.5. The van der Waals surface area contributed by atoms with E-state index < -0.39 is 19.8 Å². The molecule has 4 aliphatic rings. The normalized spacial score (nSPS) is 24.8. The van der Waals surface area contributed by atoms with E-state index in [0.29, 0.717) is 36.5 Å². The first kappa shape index (κ1) is 37.4. The van der Waals surface area contributed by atoms with Crippen LogP contribution in [0.5, 0.6) is 5.75 Å². The molecule has 3 amide bonds. The number of benzene rings is 4. The van der Waals surface area contributed by atoms with Crippen molar-refractivity contribution in [2.24, 2.45) is 5.92 Å². The Balaban J connectivity index is 1.18. The minimum atomic E-state index is -2.53. The number of halogens is 1. The van der Waals surface area contributed by atoms with Crippen LogP contribution in [0.4, 0.5) is 11.4 Å². The van der Waals surface area contributed by atoms with Crippen LogP contribution >= 0.6 is 11.6 Å². The maximum Gasteiger partial charge on any atom is 0.264 e. The van der Waals surface area contributed by atoms with E-state index in [9.17, 15) is 14.7 Å². The maximum absolute atomic E-state index is 15.3. The van der Waals surface area contributed by atoms with Crippen molar-refractivity contribution in [3.8, 4) is 5.75 Å². The molecule has 2 saturated heterocycles. The van der Waals surface area contributed by atoms with Gasteiger partial charge in [0.1, 0.15) is 5.75 Å². The summed E-state index contributed by atoms with van der Waals surface area (Å²) >= 11 is 6.73. The molecule has 0 radical (unpaired) electrons. The summed E-state index contributed by atoms with van der Waals surface area (Å²) in [6.07, 6.45) is 1.41. The second-order valence-corrected chi connectivity index (χ2v) is 21.2. The van der Waals surface area contributed by atoms with Gasteiger partial charge in [0.25, 0.3) is 5.91 Å². The van der Waals surface area contributed by atoms with Crippen LogP contribution in [0.2, 0.25) is 23.7 Å². The molecule has 9 nitrogen and oxygen atoms in total. The van der Waals surface area contributed by atoms with Gasteiger partial charge in [0.2, 0.25) is 11.8 Å². The maximum atomic E-state index is 15.3. The number of amides is 3. The lowest BCUT2D eigenvalue weighted by Gasteiger charge is -2.39. The summed E-state index contributed by atoms with van der Waals surface area (Å²) in [5.74, 6) is 0.258. The van der Waals surface area contributed by atoms with E-state index in [4.69, 9.17) is 21.1 Å². The highest BCUT2D eigenvalue weighted by atomic mass is 35.5. The number of ether oxygens (including phenoxy) is 2. The van der Waals surface area contributed by atoms with Gasteiger partial charge in [0, 0.05) is 41.7 Å². The molecular weight excluding hydrogens is 730 g/mol. The SMILES string of the molecule is COc1ccc([Si](C)(C)[C@H]2[C@H](CC(=O)N3Cc4ccccc4C[C@H]3CO)O[C@@]3(C(=O)N(Cc4cccc(N5CCCC5=O)c4)c4ccc(Cl)cc43)[C@@H]2C)cc1. The van der Waals surface area contributed by atoms with Crippen LogP contribution in [-0.2, 0) is 44.2 Å². The van der Waals surface area contributed by atoms with E-state index >= 15 is 4.79 Å². The number of nitrogens with zero attached hydrogens (tertiary/aromatic N) is 3. The molecule has 11 heteroatoms. The Labute approximate surface area is 328 Å². The molecular formula is C44H48ClN3O6Si. The number of hydrogen-bond acceptors (Lipinski definition) is 6. The topological polar surface area (TPSA) is 99.6 Å². The first-order valence-corrected chi connectivity index (χ1v) is 22.7. The number of aliphatic hydroxyl groups is 1. The summed E-state index contributed by atoms with van der Waals surface area (Å²) < 4.78 is 12.8. The summed E-state index contributed by atoms with van der Waals surface area (Å²) in [6.45, 7) is 7.92. The molecule has 0 saturated carbocycles. The van der Waals surface area contributed by atoms with Crippen LogP contribution in [0.15, 0.2) is 91.0 Å². The smallest absolute Gasteiger partial charge is 0.264 e. The van der Waals surface area contributed by atoms with Crippen LogP contribution in [0, 0.1) is 5.92 Å². The molecule has 1 spiro atoms. The number of carbonyl (C=O) groups excluding carboxylic acids is 3. The zero-order chi connectivity index (χ0) is 38.6. The van der Waals surface area contributed by atoms with Crippen molar-refractivity contribution in [2.75, 3.05) is 30.1 Å². The largest absolute Gasteiger partial charge is 0.497 e. The predicted octanol–water partition coefficient (Wildman–Crippen LogP) is 6.57. The van der Waals surface area contributed by atoms with Crippen molar-refractivity contribution in [3.63, 3.8) is 0 Å². The molecule has 4 heterocycles. The fourth-order valence-corrected chi connectivity index (χ4v) is 14.1. The molecule has 1 N–H and O–H groups in total. The van der Waals surface area contributed by atoms with Crippen LogP contribution in [0.25, 0.3) is 0 Å². The molecule has 0 unspecified atom stereocenters. The van der Waals surface area contributed by atoms with E-state index in [1.54, 1.807) is 23.0 Å². The number of fused-ring (bicyclic) bond motifs is 3. The Morgan fingerprint density at radius 1 is 1.00 bits per heavy atom. The lowest BCUT2D eigenvalue weighted by atomic mass is 9.82. The van der Waals surface area contributed by atoms with Crippen molar-refractivity contribution in [1.29, 1.82) is 0 Å². The molecule has 4 aliphatic heterocycles. The number of hydrogen-bond donors (Lipinski definition) is 1. The molecule has 0 aliphatic carbocycles. The van der Waals surface area contributed by atoms with E-state index in [-0.39, 0.29) is 54.8 Å². The van der Waals surface area contributed by atoms with Crippen molar-refractivity contribution in [1.82, 2.24) is 4.90 Å². The summed E-state index contributed by atoms with van der Waals surface area (Å²) in [5, 5.41) is 12.2. The average Bonchev–Trinajstić information content (AvgIpc) is 3.82. The molecule has 2 fully saturated rings. The molecule has 5 atom stereocenters. The molecule has 286 valence electrons. The van der Waals surface area contributed by atoms with Crippen molar-refractivity contribution in [2.45, 2.75) is 82.1 Å². The molecule has 55 heavy (non-hydrogen) atoms. The van der Waals surface area contributed by atoms with Crippen LogP contribution < -0.4 is 19.7 Å². The van der Waals surface area contributed by atoms with Crippen molar-refractivity contribution >= 4 is 54.0 Å². The van der Waals surface area contributed by atoms with Crippen molar-refractivity contribution in [3.05, 3.63) is 118 Å². The van der Waals surface area contributed by atoms with Gasteiger partial charge in [-0.3, -0.25) is 14.4 Å². The standard InChI is InChI=1S/C44H48ClN3O6Si/c1-28-42(55(3,4)36-17-15-35(53-2)16-18-36)39(24-41(51)47-26-31-11-6-5-10-30(31)22-34(47)27-49)54-44(28)37-23-32(45)14-19-38(37)48(43(44)52)25-29-9-7-12-33(21-29)46-20-8-13-40(46)50/h5-7,9-12,14-19,21,23,28,34,39,42,49H,8,13,20,22,24-27H2,1-4H3/t28-,34+,39+,42-,44+/m1/s1. The third-order valence-corrected chi connectivity index (χ3v) is 17.3. The van der Waals surface area contributed by atoms with E-state index in [0.717, 1.165) is 40.2 Å². The summed E-state index contributed by atoms with van der Waals surface area (Å²) in [7, 11) is -0.883.